The van der Waals surface area contributed by atoms with E-state index < -0.39 is 0 Å². The van der Waals surface area contributed by atoms with Gasteiger partial charge in [-0.1, -0.05) is 0 Å². The van der Waals surface area contributed by atoms with E-state index in [2.05, 4.69) is 43.2 Å². The molecule has 0 spiro atoms. The molecule has 1 fully saturated rings. The third kappa shape index (κ3) is 4.94. The van der Waals surface area contributed by atoms with Crippen molar-refractivity contribution in [3.63, 3.8) is 0 Å². The molecular formula is C11H25N3. The quantitative estimate of drug-likeness (QED) is 0.648. The van der Waals surface area contributed by atoms with E-state index in [-0.39, 0.29) is 0 Å². The minimum Gasteiger partial charge on any atom is -0.312 e. The van der Waals surface area contributed by atoms with Crippen LogP contribution in [0.3, 0.4) is 0 Å². The highest BCUT2D eigenvalue weighted by Gasteiger charge is 2.21. The minimum atomic E-state index is 0.649. The van der Waals surface area contributed by atoms with Gasteiger partial charge < -0.3 is 15.1 Å². The molecule has 0 saturated heterocycles. The highest BCUT2D eigenvalue weighted by molar-refractivity contribution is 4.82. The molecule has 1 N–H and O–H groups in total. The third-order valence-electron chi connectivity index (χ3n) is 2.93. The first-order valence-electron chi connectivity index (χ1n) is 5.68. The van der Waals surface area contributed by atoms with Gasteiger partial charge in [-0.25, -0.2) is 0 Å². The first kappa shape index (κ1) is 12.0. The molecule has 1 aliphatic rings. The average Bonchev–Trinajstić information content (AvgIpc) is 2.93. The van der Waals surface area contributed by atoms with Gasteiger partial charge >= 0.3 is 0 Å². The maximum atomic E-state index is 3.57. The Hall–Kier alpha value is -0.120. The molecule has 0 heterocycles. The van der Waals surface area contributed by atoms with Crippen molar-refractivity contribution in [2.45, 2.75) is 31.8 Å². The van der Waals surface area contributed by atoms with E-state index in [1.807, 2.05) is 0 Å². The van der Waals surface area contributed by atoms with E-state index >= 15 is 0 Å². The maximum Gasteiger partial charge on any atom is 0.0189 e. The molecule has 14 heavy (non-hydrogen) atoms. The van der Waals surface area contributed by atoms with Crippen LogP contribution in [0.4, 0.5) is 0 Å². The summed E-state index contributed by atoms with van der Waals surface area (Å²) in [6.07, 6.45) is 2.77. The third-order valence-corrected chi connectivity index (χ3v) is 2.93. The molecule has 0 aromatic carbocycles. The van der Waals surface area contributed by atoms with Gasteiger partial charge in [-0.3, -0.25) is 0 Å². The lowest BCUT2D eigenvalue weighted by atomic mass is 10.3. The van der Waals surface area contributed by atoms with Gasteiger partial charge in [0.1, 0.15) is 0 Å². The number of rotatable bonds is 7. The average molecular weight is 199 g/mol. The SMILES string of the molecule is CC(CNC1CC1)N(C)CCN(C)C. The Morgan fingerprint density at radius 3 is 2.36 bits per heavy atom. The van der Waals surface area contributed by atoms with Crippen LogP contribution in [0.5, 0.6) is 0 Å². The second-order valence-electron chi connectivity index (χ2n) is 4.82. The molecular weight excluding hydrogens is 174 g/mol. The van der Waals surface area contributed by atoms with Gasteiger partial charge in [0.05, 0.1) is 0 Å². The molecule has 1 unspecified atom stereocenters. The Balaban J connectivity index is 2.04. The van der Waals surface area contributed by atoms with E-state index in [9.17, 15) is 0 Å². The molecule has 0 aromatic rings. The van der Waals surface area contributed by atoms with Crippen LogP contribution in [-0.2, 0) is 0 Å². The van der Waals surface area contributed by atoms with Gasteiger partial charge in [-0.2, -0.15) is 0 Å². The molecule has 3 nitrogen and oxygen atoms in total. The predicted octanol–water partition coefficient (Wildman–Crippen LogP) is 0.620. The van der Waals surface area contributed by atoms with Crippen LogP contribution in [0, 0.1) is 0 Å². The number of hydrogen-bond acceptors (Lipinski definition) is 3. The van der Waals surface area contributed by atoms with Crippen LogP contribution >= 0.6 is 0 Å². The summed E-state index contributed by atoms with van der Waals surface area (Å²) >= 11 is 0. The van der Waals surface area contributed by atoms with Crippen molar-refractivity contribution in [1.82, 2.24) is 15.1 Å². The number of likely N-dealkylation sites (N-methyl/N-ethyl adjacent to an activating group) is 2. The van der Waals surface area contributed by atoms with E-state index in [0.717, 1.165) is 25.7 Å². The number of nitrogens with one attached hydrogen (secondary N) is 1. The topological polar surface area (TPSA) is 18.5 Å². The molecule has 0 radical (unpaired) electrons. The summed E-state index contributed by atoms with van der Waals surface area (Å²) in [6.45, 7) is 5.73. The molecule has 84 valence electrons. The van der Waals surface area contributed by atoms with Gasteiger partial charge in [0.25, 0.3) is 0 Å². The first-order chi connectivity index (χ1) is 6.59. The smallest absolute Gasteiger partial charge is 0.0189 e. The number of nitrogens with zero attached hydrogens (tertiary/aromatic N) is 2. The maximum absolute atomic E-state index is 3.57. The summed E-state index contributed by atoms with van der Waals surface area (Å²) in [5.41, 5.74) is 0. The van der Waals surface area contributed by atoms with Gasteiger partial charge in [0, 0.05) is 31.7 Å². The van der Waals surface area contributed by atoms with Crippen molar-refractivity contribution in [1.29, 1.82) is 0 Å². The van der Waals surface area contributed by atoms with Crippen molar-refractivity contribution < 1.29 is 0 Å². The molecule has 0 aromatic heterocycles. The van der Waals surface area contributed by atoms with Crippen LogP contribution in [0.1, 0.15) is 19.8 Å². The number of hydrogen-bond donors (Lipinski definition) is 1. The summed E-state index contributed by atoms with van der Waals surface area (Å²) in [5, 5.41) is 3.57. The fourth-order valence-electron chi connectivity index (χ4n) is 1.36. The van der Waals surface area contributed by atoms with E-state index in [4.69, 9.17) is 0 Å². The second-order valence-corrected chi connectivity index (χ2v) is 4.82. The molecule has 0 aliphatic heterocycles. The van der Waals surface area contributed by atoms with Crippen molar-refractivity contribution in [3.8, 4) is 0 Å². The first-order valence-corrected chi connectivity index (χ1v) is 5.68. The summed E-state index contributed by atoms with van der Waals surface area (Å²) in [6, 6.07) is 1.48. The summed E-state index contributed by atoms with van der Waals surface area (Å²) < 4.78 is 0. The Morgan fingerprint density at radius 1 is 1.21 bits per heavy atom. The lowest BCUT2D eigenvalue weighted by molar-refractivity contribution is 0.224. The highest BCUT2D eigenvalue weighted by Crippen LogP contribution is 2.18. The van der Waals surface area contributed by atoms with Gasteiger partial charge in [-0.15, -0.1) is 0 Å². The summed E-state index contributed by atoms with van der Waals surface area (Å²) in [4.78, 5) is 4.66. The monoisotopic (exact) mass is 199 g/mol. The van der Waals surface area contributed by atoms with E-state index in [1.165, 1.54) is 12.8 Å². The molecule has 3 heteroatoms. The van der Waals surface area contributed by atoms with Crippen LogP contribution in [-0.4, -0.2) is 62.7 Å². The lowest BCUT2D eigenvalue weighted by Gasteiger charge is -2.26. The van der Waals surface area contributed by atoms with Gasteiger partial charge in [0.2, 0.25) is 0 Å². The Morgan fingerprint density at radius 2 is 1.86 bits per heavy atom. The van der Waals surface area contributed by atoms with Crippen molar-refractivity contribution in [2.24, 2.45) is 0 Å². The predicted molar refractivity (Wildman–Crippen MR) is 61.7 cm³/mol. The van der Waals surface area contributed by atoms with Crippen molar-refractivity contribution in [2.75, 3.05) is 40.8 Å². The molecule has 0 bridgehead atoms. The van der Waals surface area contributed by atoms with Crippen LogP contribution < -0.4 is 5.32 Å². The Bertz CT molecular complexity index is 145. The summed E-state index contributed by atoms with van der Waals surface area (Å²) in [5.74, 6) is 0. The minimum absolute atomic E-state index is 0.649. The van der Waals surface area contributed by atoms with Gasteiger partial charge in [-0.05, 0) is 40.9 Å². The fraction of sp³-hybridized carbons (Fsp3) is 1.00. The summed E-state index contributed by atoms with van der Waals surface area (Å²) in [7, 11) is 6.46. The molecule has 0 amide bonds. The molecule has 1 atom stereocenters. The zero-order valence-electron chi connectivity index (χ0n) is 10.1. The standard InChI is InChI=1S/C11H25N3/c1-10(9-12-11-5-6-11)14(4)8-7-13(2)3/h10-12H,5-9H2,1-4H3. The largest absolute Gasteiger partial charge is 0.312 e. The Kier molecular flexibility index (Phi) is 4.85. The molecule has 1 saturated carbocycles. The van der Waals surface area contributed by atoms with Crippen LogP contribution in [0.15, 0.2) is 0 Å². The zero-order valence-corrected chi connectivity index (χ0v) is 10.1. The molecule has 1 aliphatic carbocycles. The van der Waals surface area contributed by atoms with E-state index in [1.54, 1.807) is 0 Å². The normalized spacial score (nSPS) is 19.3. The van der Waals surface area contributed by atoms with Crippen molar-refractivity contribution >= 4 is 0 Å². The zero-order chi connectivity index (χ0) is 10.6. The van der Waals surface area contributed by atoms with Crippen molar-refractivity contribution in [3.05, 3.63) is 0 Å². The highest BCUT2D eigenvalue weighted by atomic mass is 15.2. The van der Waals surface area contributed by atoms with Crippen LogP contribution in [0.25, 0.3) is 0 Å². The van der Waals surface area contributed by atoms with Crippen LogP contribution in [0.2, 0.25) is 0 Å². The van der Waals surface area contributed by atoms with E-state index in [0.29, 0.717) is 6.04 Å². The second kappa shape index (κ2) is 5.69. The fourth-order valence-corrected chi connectivity index (χ4v) is 1.36. The lowest BCUT2D eigenvalue weighted by Crippen LogP contribution is -2.41. The Labute approximate surface area is 88.5 Å². The molecule has 1 rings (SSSR count). The van der Waals surface area contributed by atoms with Gasteiger partial charge in [0.15, 0.2) is 0 Å².